The predicted molar refractivity (Wildman–Crippen MR) is 75.4 cm³/mol. The third-order valence-electron chi connectivity index (χ3n) is 3.69. The fourth-order valence-electron chi connectivity index (χ4n) is 2.75. The third kappa shape index (κ3) is 1.41. The molecule has 1 aromatic heterocycles. The van der Waals surface area contributed by atoms with Gasteiger partial charge in [0.1, 0.15) is 6.04 Å². The zero-order valence-electron chi connectivity index (χ0n) is 10.2. The Labute approximate surface area is 110 Å². The van der Waals surface area contributed by atoms with Crippen LogP contribution in [0, 0.1) is 0 Å². The summed E-state index contributed by atoms with van der Waals surface area (Å²) in [5.41, 5.74) is 3.76. The van der Waals surface area contributed by atoms with Gasteiger partial charge in [0.2, 0.25) is 0 Å². The summed E-state index contributed by atoms with van der Waals surface area (Å²) < 4.78 is 0. The third-order valence-corrected chi connectivity index (χ3v) is 3.69. The van der Waals surface area contributed by atoms with E-state index in [1.54, 1.807) is 0 Å². The number of Topliss-reactive ketones (excluding diaryl/α,β-unsaturated/α-hetero) is 1. The summed E-state index contributed by atoms with van der Waals surface area (Å²) in [5.74, 6) is 0.139. The van der Waals surface area contributed by atoms with Crippen LogP contribution < -0.4 is 5.32 Å². The van der Waals surface area contributed by atoms with Gasteiger partial charge in [-0.25, -0.2) is 0 Å². The number of para-hydroxylation sites is 2. The van der Waals surface area contributed by atoms with Gasteiger partial charge in [0, 0.05) is 33.9 Å². The fourth-order valence-corrected chi connectivity index (χ4v) is 2.75. The minimum Gasteiger partial charge on any atom is -0.371 e. The van der Waals surface area contributed by atoms with E-state index < -0.39 is 0 Å². The topological polar surface area (TPSA) is 44.9 Å². The Kier molecular flexibility index (Phi) is 2.03. The van der Waals surface area contributed by atoms with Gasteiger partial charge in [-0.15, -0.1) is 0 Å². The second-order valence-corrected chi connectivity index (χ2v) is 4.78. The van der Waals surface area contributed by atoms with Crippen molar-refractivity contribution in [2.45, 2.75) is 6.04 Å². The Morgan fingerprint density at radius 3 is 2.63 bits per heavy atom. The molecule has 19 heavy (non-hydrogen) atoms. The Hall–Kier alpha value is -2.55. The van der Waals surface area contributed by atoms with Crippen molar-refractivity contribution in [3.05, 3.63) is 65.9 Å². The number of nitrogens with one attached hydrogen (secondary N) is 2. The molecule has 0 saturated heterocycles. The normalized spacial score (nSPS) is 17.5. The molecule has 0 saturated carbocycles. The van der Waals surface area contributed by atoms with Crippen LogP contribution in [-0.2, 0) is 0 Å². The highest BCUT2D eigenvalue weighted by atomic mass is 16.1. The molecular formula is C16H12N2O. The molecule has 0 spiro atoms. The summed E-state index contributed by atoms with van der Waals surface area (Å²) in [6, 6.07) is 15.4. The van der Waals surface area contributed by atoms with Crippen molar-refractivity contribution >= 4 is 22.4 Å². The fraction of sp³-hybridized carbons (Fsp3) is 0.0625. The molecule has 3 aromatic rings. The van der Waals surface area contributed by atoms with Gasteiger partial charge in [0.05, 0.1) is 0 Å². The largest absolute Gasteiger partial charge is 0.371 e. The number of anilines is 1. The Morgan fingerprint density at radius 2 is 1.74 bits per heavy atom. The van der Waals surface area contributed by atoms with E-state index in [9.17, 15) is 4.79 Å². The number of aromatic amines is 1. The molecule has 1 aliphatic heterocycles. The number of carbonyl (C=O) groups excluding carboxylic acids is 1. The van der Waals surface area contributed by atoms with Gasteiger partial charge >= 0.3 is 0 Å². The van der Waals surface area contributed by atoms with Crippen molar-refractivity contribution in [2.75, 3.05) is 5.32 Å². The summed E-state index contributed by atoms with van der Waals surface area (Å²) >= 11 is 0. The van der Waals surface area contributed by atoms with Crippen LogP contribution in [0.15, 0.2) is 54.7 Å². The van der Waals surface area contributed by atoms with E-state index >= 15 is 0 Å². The number of rotatable bonds is 1. The minimum atomic E-state index is -0.284. The monoisotopic (exact) mass is 248 g/mol. The van der Waals surface area contributed by atoms with Crippen molar-refractivity contribution in [2.24, 2.45) is 0 Å². The van der Waals surface area contributed by atoms with Gasteiger partial charge in [0.25, 0.3) is 0 Å². The quantitative estimate of drug-likeness (QED) is 0.692. The van der Waals surface area contributed by atoms with E-state index in [-0.39, 0.29) is 11.8 Å². The van der Waals surface area contributed by atoms with Crippen molar-refractivity contribution in [3.63, 3.8) is 0 Å². The summed E-state index contributed by atoms with van der Waals surface area (Å²) in [6.45, 7) is 0. The number of benzene rings is 2. The maximum Gasteiger partial charge on any atom is 0.191 e. The van der Waals surface area contributed by atoms with Crippen LogP contribution in [0.4, 0.5) is 5.69 Å². The molecule has 92 valence electrons. The summed E-state index contributed by atoms with van der Waals surface area (Å²) in [5, 5.41) is 4.41. The van der Waals surface area contributed by atoms with E-state index in [4.69, 9.17) is 0 Å². The van der Waals surface area contributed by atoms with E-state index in [0.29, 0.717) is 0 Å². The van der Waals surface area contributed by atoms with Gasteiger partial charge in [-0.3, -0.25) is 4.79 Å². The Balaban J connectivity index is 1.85. The lowest BCUT2D eigenvalue weighted by Crippen LogP contribution is -2.11. The van der Waals surface area contributed by atoms with Crippen LogP contribution in [0.2, 0.25) is 0 Å². The molecule has 2 aromatic carbocycles. The second kappa shape index (κ2) is 3.72. The SMILES string of the molecule is O=C1c2ccccc2NC1c1c[nH]c2ccccc12. The molecule has 2 N–H and O–H groups in total. The molecule has 4 rings (SSSR count). The predicted octanol–water partition coefficient (Wildman–Crippen LogP) is 3.52. The van der Waals surface area contributed by atoms with Crippen LogP contribution in [0.5, 0.6) is 0 Å². The van der Waals surface area contributed by atoms with Gasteiger partial charge in [-0.1, -0.05) is 30.3 Å². The number of H-pyrrole nitrogens is 1. The second-order valence-electron chi connectivity index (χ2n) is 4.78. The van der Waals surface area contributed by atoms with Crippen LogP contribution in [-0.4, -0.2) is 10.8 Å². The van der Waals surface area contributed by atoms with E-state index in [2.05, 4.69) is 10.3 Å². The first-order chi connectivity index (χ1) is 9.34. The molecule has 0 amide bonds. The average molecular weight is 248 g/mol. The standard InChI is InChI=1S/C16H12N2O/c19-16-11-6-2-4-8-14(11)18-15(16)12-9-17-13-7-3-1-5-10(12)13/h1-9,15,17-18H. The summed E-state index contributed by atoms with van der Waals surface area (Å²) in [7, 11) is 0. The number of hydrogen-bond donors (Lipinski definition) is 2. The zero-order valence-corrected chi connectivity index (χ0v) is 10.2. The maximum absolute atomic E-state index is 12.5. The van der Waals surface area contributed by atoms with Crippen LogP contribution in [0.25, 0.3) is 10.9 Å². The van der Waals surface area contributed by atoms with Crippen LogP contribution in [0.1, 0.15) is 22.0 Å². The molecule has 2 heterocycles. The molecule has 0 fully saturated rings. The number of aromatic nitrogens is 1. The molecule has 0 bridgehead atoms. The molecule has 0 radical (unpaired) electrons. The highest BCUT2D eigenvalue weighted by Crippen LogP contribution is 2.36. The average Bonchev–Trinajstić information content (AvgIpc) is 3.01. The number of ketones is 1. The smallest absolute Gasteiger partial charge is 0.191 e. The highest BCUT2D eigenvalue weighted by Gasteiger charge is 2.32. The van der Waals surface area contributed by atoms with Crippen LogP contribution >= 0.6 is 0 Å². The summed E-state index contributed by atoms with van der Waals surface area (Å²) in [4.78, 5) is 15.7. The van der Waals surface area contributed by atoms with Crippen molar-refractivity contribution in [1.29, 1.82) is 0 Å². The molecule has 0 aliphatic carbocycles. The Morgan fingerprint density at radius 1 is 0.947 bits per heavy atom. The lowest BCUT2D eigenvalue weighted by molar-refractivity contribution is 0.0980. The zero-order chi connectivity index (χ0) is 12.8. The van der Waals surface area contributed by atoms with Gasteiger partial charge in [0.15, 0.2) is 5.78 Å². The number of fused-ring (bicyclic) bond motifs is 2. The number of hydrogen-bond acceptors (Lipinski definition) is 2. The molecule has 1 unspecified atom stereocenters. The highest BCUT2D eigenvalue weighted by molar-refractivity contribution is 6.12. The van der Waals surface area contributed by atoms with Crippen molar-refractivity contribution in [3.8, 4) is 0 Å². The van der Waals surface area contributed by atoms with Gasteiger partial charge < -0.3 is 10.3 Å². The first-order valence-electron chi connectivity index (χ1n) is 6.30. The van der Waals surface area contributed by atoms with E-state index in [0.717, 1.165) is 27.7 Å². The molecule has 1 atom stereocenters. The Bertz CT molecular complexity index is 788. The van der Waals surface area contributed by atoms with Gasteiger partial charge in [-0.2, -0.15) is 0 Å². The minimum absolute atomic E-state index is 0.139. The van der Waals surface area contributed by atoms with Crippen molar-refractivity contribution < 1.29 is 4.79 Å². The first-order valence-corrected chi connectivity index (χ1v) is 6.30. The maximum atomic E-state index is 12.5. The number of carbonyl (C=O) groups is 1. The van der Waals surface area contributed by atoms with E-state index in [1.165, 1.54) is 0 Å². The lowest BCUT2D eigenvalue weighted by atomic mass is 10.0. The molecule has 1 aliphatic rings. The van der Waals surface area contributed by atoms with Gasteiger partial charge in [-0.05, 0) is 18.2 Å². The molecule has 3 nitrogen and oxygen atoms in total. The molecule has 3 heteroatoms. The first kappa shape index (κ1) is 10.4. The van der Waals surface area contributed by atoms with Crippen LogP contribution in [0.3, 0.4) is 0 Å². The van der Waals surface area contributed by atoms with Crippen molar-refractivity contribution in [1.82, 2.24) is 4.98 Å². The lowest BCUT2D eigenvalue weighted by Gasteiger charge is -2.08. The summed E-state index contributed by atoms with van der Waals surface area (Å²) in [6.07, 6.45) is 1.92. The molecular weight excluding hydrogens is 236 g/mol. The van der Waals surface area contributed by atoms with E-state index in [1.807, 2.05) is 54.7 Å².